The van der Waals surface area contributed by atoms with Crippen LogP contribution in [0.15, 0.2) is 6.20 Å². The van der Waals surface area contributed by atoms with E-state index in [4.69, 9.17) is 14.6 Å². The van der Waals surface area contributed by atoms with Crippen LogP contribution in [-0.4, -0.2) is 64.2 Å². The van der Waals surface area contributed by atoms with Crippen molar-refractivity contribution in [3.05, 3.63) is 11.9 Å². The minimum Gasteiger partial charge on any atom is -0.476 e. The third-order valence-electron chi connectivity index (χ3n) is 1.90. The van der Waals surface area contributed by atoms with E-state index in [1.54, 1.807) is 7.11 Å². The lowest BCUT2D eigenvalue weighted by Gasteiger charge is -2.10. The number of carboxylic acid groups (broad SMARTS) is 1. The number of hydrogen-bond donors (Lipinski definition) is 2. The van der Waals surface area contributed by atoms with Gasteiger partial charge in [-0.2, -0.15) is 0 Å². The Kier molecular flexibility index (Phi) is 5.53. The van der Waals surface area contributed by atoms with E-state index in [1.807, 2.05) is 0 Å². The molecule has 0 aliphatic carbocycles. The highest BCUT2D eigenvalue weighted by molar-refractivity contribution is 5.84. The highest BCUT2D eigenvalue weighted by Gasteiger charge is 2.11. The zero-order valence-electron chi connectivity index (χ0n) is 9.44. The van der Waals surface area contributed by atoms with Crippen LogP contribution in [0.25, 0.3) is 0 Å². The second-order valence-corrected chi connectivity index (χ2v) is 3.35. The lowest BCUT2D eigenvalue weighted by atomic mass is 10.4. The number of hydrogen-bond acceptors (Lipinski definition) is 6. The van der Waals surface area contributed by atoms with Crippen molar-refractivity contribution >= 4 is 5.97 Å². The molecule has 1 rings (SSSR count). The lowest BCUT2D eigenvalue weighted by molar-refractivity contribution is 0.00578. The SMILES string of the molecule is COCCOCC(O)Cn1cc(C(=O)O)nn1. The van der Waals surface area contributed by atoms with Gasteiger partial charge in [0.25, 0.3) is 0 Å². The molecule has 1 atom stereocenters. The van der Waals surface area contributed by atoms with Gasteiger partial charge in [0.1, 0.15) is 0 Å². The van der Waals surface area contributed by atoms with Crippen molar-refractivity contribution < 1.29 is 24.5 Å². The fourth-order valence-corrected chi connectivity index (χ4v) is 1.12. The lowest BCUT2D eigenvalue weighted by Crippen LogP contribution is -2.23. The predicted molar refractivity (Wildman–Crippen MR) is 55.7 cm³/mol. The maximum atomic E-state index is 10.5. The molecule has 1 aromatic heterocycles. The molecule has 1 aromatic rings. The molecule has 0 aliphatic heterocycles. The quantitative estimate of drug-likeness (QED) is 0.566. The van der Waals surface area contributed by atoms with E-state index in [1.165, 1.54) is 10.9 Å². The molecule has 0 amide bonds. The van der Waals surface area contributed by atoms with Crippen LogP contribution in [0.2, 0.25) is 0 Å². The van der Waals surface area contributed by atoms with Crippen LogP contribution < -0.4 is 0 Å². The van der Waals surface area contributed by atoms with Gasteiger partial charge in [0.05, 0.1) is 38.7 Å². The van der Waals surface area contributed by atoms with Crippen LogP contribution in [0, 0.1) is 0 Å². The summed E-state index contributed by atoms with van der Waals surface area (Å²) >= 11 is 0. The minimum atomic E-state index is -1.15. The number of aliphatic hydroxyl groups excluding tert-OH is 1. The Hall–Kier alpha value is -1.51. The first-order chi connectivity index (χ1) is 8.13. The van der Waals surface area contributed by atoms with Crippen molar-refractivity contribution in [3.63, 3.8) is 0 Å². The van der Waals surface area contributed by atoms with Gasteiger partial charge in [-0.15, -0.1) is 5.10 Å². The van der Waals surface area contributed by atoms with Gasteiger partial charge in [0.15, 0.2) is 5.69 Å². The largest absolute Gasteiger partial charge is 0.476 e. The average molecular weight is 245 g/mol. The van der Waals surface area contributed by atoms with Crippen molar-refractivity contribution in [2.75, 3.05) is 26.9 Å². The van der Waals surface area contributed by atoms with Crippen molar-refractivity contribution in [2.45, 2.75) is 12.6 Å². The third-order valence-corrected chi connectivity index (χ3v) is 1.90. The zero-order chi connectivity index (χ0) is 12.7. The number of rotatable bonds is 8. The topological polar surface area (TPSA) is 107 Å². The van der Waals surface area contributed by atoms with Crippen molar-refractivity contribution in [1.29, 1.82) is 0 Å². The Bertz CT molecular complexity index is 354. The standard InChI is InChI=1S/C9H15N3O5/c1-16-2-3-17-6-7(13)4-12-5-8(9(14)15)10-11-12/h5,7,13H,2-4,6H2,1H3,(H,14,15). The molecule has 2 N–H and O–H groups in total. The third kappa shape index (κ3) is 4.89. The van der Waals surface area contributed by atoms with E-state index < -0.39 is 12.1 Å². The number of methoxy groups -OCH3 is 1. The van der Waals surface area contributed by atoms with Gasteiger partial charge in [0.2, 0.25) is 0 Å². The molecule has 8 nitrogen and oxygen atoms in total. The van der Waals surface area contributed by atoms with Gasteiger partial charge in [-0.05, 0) is 0 Å². The van der Waals surface area contributed by atoms with E-state index in [-0.39, 0.29) is 18.8 Å². The van der Waals surface area contributed by atoms with Crippen LogP contribution in [0.1, 0.15) is 10.5 Å². The second-order valence-electron chi connectivity index (χ2n) is 3.35. The van der Waals surface area contributed by atoms with Gasteiger partial charge in [-0.25, -0.2) is 9.48 Å². The van der Waals surface area contributed by atoms with E-state index in [2.05, 4.69) is 10.3 Å². The molecule has 1 unspecified atom stereocenters. The molecule has 8 heteroatoms. The second kappa shape index (κ2) is 6.94. The summed E-state index contributed by atoms with van der Waals surface area (Å²) in [4.78, 5) is 10.5. The van der Waals surface area contributed by atoms with Crippen LogP contribution in [0.3, 0.4) is 0 Å². The van der Waals surface area contributed by atoms with E-state index >= 15 is 0 Å². The Morgan fingerprint density at radius 1 is 1.59 bits per heavy atom. The summed E-state index contributed by atoms with van der Waals surface area (Å²) in [5.41, 5.74) is -0.155. The van der Waals surface area contributed by atoms with Gasteiger partial charge < -0.3 is 19.7 Å². The number of carboxylic acids is 1. The van der Waals surface area contributed by atoms with Gasteiger partial charge in [-0.1, -0.05) is 5.21 Å². The zero-order valence-corrected chi connectivity index (χ0v) is 9.44. The Morgan fingerprint density at radius 3 is 2.94 bits per heavy atom. The first-order valence-corrected chi connectivity index (χ1v) is 5.01. The molecule has 0 spiro atoms. The molecular weight excluding hydrogens is 230 g/mol. The Balaban J connectivity index is 2.29. The minimum absolute atomic E-state index is 0.131. The predicted octanol–water partition coefficient (Wildman–Crippen LogP) is -1.000. The summed E-state index contributed by atoms with van der Waals surface area (Å²) in [6.45, 7) is 1.11. The maximum Gasteiger partial charge on any atom is 0.358 e. The molecule has 0 aliphatic rings. The van der Waals surface area contributed by atoms with Crippen LogP contribution >= 0.6 is 0 Å². The van der Waals surface area contributed by atoms with Gasteiger partial charge in [-0.3, -0.25) is 0 Å². The summed E-state index contributed by atoms with van der Waals surface area (Å²) in [6.07, 6.45) is 0.482. The van der Waals surface area contributed by atoms with E-state index in [0.717, 1.165) is 0 Å². The van der Waals surface area contributed by atoms with Crippen LogP contribution in [-0.2, 0) is 16.0 Å². The van der Waals surface area contributed by atoms with Crippen molar-refractivity contribution in [3.8, 4) is 0 Å². The number of aromatic nitrogens is 3. The Morgan fingerprint density at radius 2 is 2.35 bits per heavy atom. The number of aliphatic hydroxyl groups is 1. The summed E-state index contributed by atoms with van der Waals surface area (Å²) < 4.78 is 11.1. The van der Waals surface area contributed by atoms with Gasteiger partial charge in [0, 0.05) is 7.11 Å². The summed E-state index contributed by atoms with van der Waals surface area (Å²) in [7, 11) is 1.56. The van der Waals surface area contributed by atoms with Crippen LogP contribution in [0.4, 0.5) is 0 Å². The van der Waals surface area contributed by atoms with Gasteiger partial charge >= 0.3 is 5.97 Å². The molecular formula is C9H15N3O5. The van der Waals surface area contributed by atoms with E-state index in [9.17, 15) is 9.90 Å². The summed E-state index contributed by atoms with van der Waals surface area (Å²) in [5.74, 6) is -1.15. The number of aromatic carboxylic acids is 1. The maximum absolute atomic E-state index is 10.5. The highest BCUT2D eigenvalue weighted by Crippen LogP contribution is 1.96. The molecule has 0 saturated carbocycles. The number of ether oxygens (including phenoxy) is 2. The summed E-state index contributed by atoms with van der Waals surface area (Å²) in [6, 6.07) is 0. The molecule has 96 valence electrons. The first kappa shape index (κ1) is 13.6. The number of nitrogens with zero attached hydrogens (tertiary/aromatic N) is 3. The average Bonchev–Trinajstić information content (AvgIpc) is 2.73. The monoisotopic (exact) mass is 245 g/mol. The van der Waals surface area contributed by atoms with Crippen molar-refractivity contribution in [1.82, 2.24) is 15.0 Å². The fourth-order valence-electron chi connectivity index (χ4n) is 1.12. The van der Waals surface area contributed by atoms with Crippen molar-refractivity contribution in [2.24, 2.45) is 0 Å². The Labute approximate surface area is 97.8 Å². The molecule has 1 heterocycles. The fraction of sp³-hybridized carbons (Fsp3) is 0.667. The molecule has 0 bridgehead atoms. The summed E-state index contributed by atoms with van der Waals surface area (Å²) in [5, 5.41) is 25.2. The molecule has 17 heavy (non-hydrogen) atoms. The normalized spacial score (nSPS) is 12.6. The molecule has 0 aromatic carbocycles. The molecule has 0 radical (unpaired) electrons. The molecule has 0 fully saturated rings. The first-order valence-electron chi connectivity index (χ1n) is 5.01. The highest BCUT2D eigenvalue weighted by atomic mass is 16.5. The smallest absolute Gasteiger partial charge is 0.358 e. The number of carbonyl (C=O) groups is 1. The molecule has 0 saturated heterocycles. The van der Waals surface area contributed by atoms with E-state index in [0.29, 0.717) is 13.2 Å². The van der Waals surface area contributed by atoms with Crippen LogP contribution in [0.5, 0.6) is 0 Å².